The number of likely N-dealkylation sites (N-methyl/N-ethyl adjacent to an activating group) is 1. The number of aryl methyl sites for hydroxylation is 1. The largest absolute Gasteiger partial charge is 0.338 e. The van der Waals surface area contributed by atoms with Gasteiger partial charge in [-0.2, -0.15) is 0 Å². The van der Waals surface area contributed by atoms with E-state index < -0.39 is 0 Å². The lowest BCUT2D eigenvalue weighted by Crippen LogP contribution is -2.20. The lowest BCUT2D eigenvalue weighted by Gasteiger charge is -2.18. The first-order chi connectivity index (χ1) is 9.79. The molecule has 20 heavy (non-hydrogen) atoms. The molecule has 2 heterocycles. The molecule has 1 aromatic carbocycles. The molecule has 0 fully saturated rings. The Bertz CT molecular complexity index is 712. The van der Waals surface area contributed by atoms with Crippen LogP contribution < -0.4 is 5.32 Å². The van der Waals surface area contributed by atoms with Crippen LogP contribution in [0.2, 0.25) is 0 Å². The average molecular weight is 266 g/mol. The van der Waals surface area contributed by atoms with E-state index in [9.17, 15) is 0 Å². The van der Waals surface area contributed by atoms with Crippen molar-refractivity contribution in [2.24, 2.45) is 7.05 Å². The number of fused-ring (bicyclic) bond motifs is 1. The fraction of sp³-hybridized carbons (Fsp3) is 0.250. The maximum Gasteiger partial charge on any atom is 0.110 e. The summed E-state index contributed by atoms with van der Waals surface area (Å²) in [5.74, 6) is 1.07. The standard InChI is InChI=1S/C16H18N4/c1-17-15(11-16-19-9-10-20(16)2)13-7-8-18-14-6-4-3-5-12(13)14/h3-10,15,17H,11H2,1-2H3. The molecule has 0 radical (unpaired) electrons. The van der Waals surface area contributed by atoms with Crippen molar-refractivity contribution in [3.8, 4) is 0 Å². The van der Waals surface area contributed by atoms with Gasteiger partial charge in [-0.1, -0.05) is 18.2 Å². The summed E-state index contributed by atoms with van der Waals surface area (Å²) in [6.07, 6.45) is 6.55. The number of aromatic nitrogens is 3. The molecular weight excluding hydrogens is 248 g/mol. The van der Waals surface area contributed by atoms with E-state index in [2.05, 4.69) is 38.1 Å². The van der Waals surface area contributed by atoms with Gasteiger partial charge in [0, 0.05) is 43.5 Å². The van der Waals surface area contributed by atoms with Gasteiger partial charge >= 0.3 is 0 Å². The normalized spacial score (nSPS) is 12.7. The van der Waals surface area contributed by atoms with E-state index in [1.165, 1.54) is 10.9 Å². The maximum atomic E-state index is 4.42. The van der Waals surface area contributed by atoms with Gasteiger partial charge in [0.1, 0.15) is 5.82 Å². The number of hydrogen-bond acceptors (Lipinski definition) is 3. The lowest BCUT2D eigenvalue weighted by molar-refractivity contribution is 0.567. The second-order valence-electron chi connectivity index (χ2n) is 4.92. The molecule has 0 bridgehead atoms. The Labute approximate surface area is 118 Å². The number of benzene rings is 1. The van der Waals surface area contributed by atoms with Crippen LogP contribution in [0, 0.1) is 0 Å². The Morgan fingerprint density at radius 1 is 1.15 bits per heavy atom. The zero-order chi connectivity index (χ0) is 13.9. The van der Waals surface area contributed by atoms with E-state index in [-0.39, 0.29) is 6.04 Å². The number of rotatable bonds is 4. The number of imidazole rings is 1. The molecule has 4 heteroatoms. The van der Waals surface area contributed by atoms with Crippen molar-refractivity contribution in [3.05, 3.63) is 60.3 Å². The minimum Gasteiger partial charge on any atom is -0.338 e. The Hall–Kier alpha value is -2.20. The zero-order valence-electron chi connectivity index (χ0n) is 11.7. The van der Waals surface area contributed by atoms with Crippen LogP contribution in [0.5, 0.6) is 0 Å². The van der Waals surface area contributed by atoms with Crippen LogP contribution in [-0.2, 0) is 13.5 Å². The van der Waals surface area contributed by atoms with Crippen molar-refractivity contribution in [1.82, 2.24) is 19.9 Å². The average Bonchev–Trinajstić information content (AvgIpc) is 2.89. The van der Waals surface area contributed by atoms with Gasteiger partial charge < -0.3 is 9.88 Å². The van der Waals surface area contributed by atoms with Crippen LogP contribution in [-0.4, -0.2) is 21.6 Å². The molecule has 0 amide bonds. The predicted molar refractivity (Wildman–Crippen MR) is 80.5 cm³/mol. The molecule has 2 aromatic heterocycles. The molecule has 0 aliphatic carbocycles. The molecule has 4 nitrogen and oxygen atoms in total. The van der Waals surface area contributed by atoms with Gasteiger partial charge in [-0.15, -0.1) is 0 Å². The van der Waals surface area contributed by atoms with Gasteiger partial charge in [-0.05, 0) is 24.7 Å². The Morgan fingerprint density at radius 3 is 2.75 bits per heavy atom. The maximum absolute atomic E-state index is 4.42. The van der Waals surface area contributed by atoms with Gasteiger partial charge in [-0.25, -0.2) is 4.98 Å². The van der Waals surface area contributed by atoms with Crippen molar-refractivity contribution in [2.45, 2.75) is 12.5 Å². The second kappa shape index (κ2) is 5.43. The molecule has 3 rings (SSSR count). The topological polar surface area (TPSA) is 42.7 Å². The Morgan fingerprint density at radius 2 is 2.00 bits per heavy atom. The summed E-state index contributed by atoms with van der Waals surface area (Å²) in [5.41, 5.74) is 2.30. The van der Waals surface area contributed by atoms with Gasteiger partial charge in [0.15, 0.2) is 0 Å². The summed E-state index contributed by atoms with van der Waals surface area (Å²) in [6.45, 7) is 0. The first kappa shape index (κ1) is 12.8. The third-order valence-corrected chi connectivity index (χ3v) is 3.71. The van der Waals surface area contributed by atoms with Crippen molar-refractivity contribution in [1.29, 1.82) is 0 Å². The molecule has 0 spiro atoms. The monoisotopic (exact) mass is 266 g/mol. The molecule has 0 saturated carbocycles. The molecule has 1 N–H and O–H groups in total. The Kier molecular flexibility index (Phi) is 3.48. The highest BCUT2D eigenvalue weighted by molar-refractivity contribution is 5.82. The molecule has 102 valence electrons. The van der Waals surface area contributed by atoms with Crippen LogP contribution in [0.3, 0.4) is 0 Å². The van der Waals surface area contributed by atoms with E-state index >= 15 is 0 Å². The highest BCUT2D eigenvalue weighted by atomic mass is 15.0. The highest BCUT2D eigenvalue weighted by Gasteiger charge is 2.15. The molecule has 0 aliphatic rings. The summed E-state index contributed by atoms with van der Waals surface area (Å²) < 4.78 is 2.06. The van der Waals surface area contributed by atoms with E-state index in [1.807, 2.05) is 44.8 Å². The van der Waals surface area contributed by atoms with Gasteiger partial charge in [0.2, 0.25) is 0 Å². The Balaban J connectivity index is 2.01. The van der Waals surface area contributed by atoms with Crippen molar-refractivity contribution < 1.29 is 0 Å². The molecular formula is C16H18N4. The fourth-order valence-electron chi connectivity index (χ4n) is 2.57. The first-order valence-corrected chi connectivity index (χ1v) is 6.76. The number of hydrogen-bond donors (Lipinski definition) is 1. The zero-order valence-corrected chi connectivity index (χ0v) is 11.7. The molecule has 0 aliphatic heterocycles. The summed E-state index contributed by atoms with van der Waals surface area (Å²) >= 11 is 0. The van der Waals surface area contributed by atoms with Crippen LogP contribution in [0.15, 0.2) is 48.9 Å². The van der Waals surface area contributed by atoms with Crippen LogP contribution in [0.4, 0.5) is 0 Å². The minimum atomic E-state index is 0.226. The SMILES string of the molecule is CNC(Cc1nccn1C)c1ccnc2ccccc12. The number of nitrogens with one attached hydrogen (secondary N) is 1. The summed E-state index contributed by atoms with van der Waals surface area (Å²) in [5, 5.41) is 4.59. The van der Waals surface area contributed by atoms with E-state index in [4.69, 9.17) is 0 Å². The van der Waals surface area contributed by atoms with E-state index in [1.54, 1.807) is 0 Å². The molecule has 1 atom stereocenters. The van der Waals surface area contributed by atoms with E-state index in [0.29, 0.717) is 0 Å². The lowest BCUT2D eigenvalue weighted by atomic mass is 9.99. The first-order valence-electron chi connectivity index (χ1n) is 6.76. The van der Waals surface area contributed by atoms with Gasteiger partial charge in [0.05, 0.1) is 5.52 Å². The predicted octanol–water partition coefficient (Wildman–Crippen LogP) is 2.47. The van der Waals surface area contributed by atoms with Gasteiger partial charge in [-0.3, -0.25) is 4.98 Å². The number of para-hydroxylation sites is 1. The van der Waals surface area contributed by atoms with E-state index in [0.717, 1.165) is 17.8 Å². The van der Waals surface area contributed by atoms with Crippen LogP contribution in [0.25, 0.3) is 10.9 Å². The number of pyridine rings is 1. The second-order valence-corrected chi connectivity index (χ2v) is 4.92. The number of nitrogens with zero attached hydrogens (tertiary/aromatic N) is 3. The summed E-state index contributed by atoms with van der Waals surface area (Å²) in [6, 6.07) is 10.6. The smallest absolute Gasteiger partial charge is 0.110 e. The summed E-state index contributed by atoms with van der Waals surface area (Å²) in [4.78, 5) is 8.84. The molecule has 0 saturated heterocycles. The third kappa shape index (κ3) is 2.30. The van der Waals surface area contributed by atoms with Crippen LogP contribution in [0.1, 0.15) is 17.4 Å². The van der Waals surface area contributed by atoms with Crippen molar-refractivity contribution >= 4 is 10.9 Å². The molecule has 1 unspecified atom stereocenters. The molecule has 3 aromatic rings. The quantitative estimate of drug-likeness (QED) is 0.789. The van der Waals surface area contributed by atoms with Crippen LogP contribution >= 0.6 is 0 Å². The third-order valence-electron chi connectivity index (χ3n) is 3.71. The highest BCUT2D eigenvalue weighted by Crippen LogP contribution is 2.24. The summed E-state index contributed by atoms with van der Waals surface area (Å²) in [7, 11) is 4.02. The van der Waals surface area contributed by atoms with Crippen molar-refractivity contribution in [3.63, 3.8) is 0 Å². The fourth-order valence-corrected chi connectivity index (χ4v) is 2.57. The van der Waals surface area contributed by atoms with Gasteiger partial charge in [0.25, 0.3) is 0 Å². The van der Waals surface area contributed by atoms with Crippen molar-refractivity contribution in [2.75, 3.05) is 7.05 Å². The minimum absolute atomic E-state index is 0.226.